The van der Waals surface area contributed by atoms with Crippen LogP contribution in [0.25, 0.3) is 0 Å². The van der Waals surface area contributed by atoms with Gasteiger partial charge in [-0.2, -0.15) is 5.10 Å². The maximum absolute atomic E-state index is 4.28. The van der Waals surface area contributed by atoms with Gasteiger partial charge in [0, 0.05) is 5.71 Å². The van der Waals surface area contributed by atoms with Crippen molar-refractivity contribution in [3.8, 4) is 0 Å². The van der Waals surface area contributed by atoms with Crippen LogP contribution in [0.5, 0.6) is 0 Å². The topological polar surface area (TPSA) is 43.1 Å². The van der Waals surface area contributed by atoms with E-state index in [-0.39, 0.29) is 0 Å². The van der Waals surface area contributed by atoms with Gasteiger partial charge in [0.25, 0.3) is 0 Å². The first-order chi connectivity index (χ1) is 5.66. The summed E-state index contributed by atoms with van der Waals surface area (Å²) in [4.78, 5) is 5.33. The Kier molecular flexibility index (Phi) is 1.49. The van der Waals surface area contributed by atoms with Gasteiger partial charge in [0.05, 0.1) is 0 Å². The predicted octanol–water partition coefficient (Wildman–Crippen LogP) is 1.30. The Bertz CT molecular complexity index is 287. The first-order valence-corrected chi connectivity index (χ1v) is 4.07. The highest BCUT2D eigenvalue weighted by atomic mass is 15.5. The fourth-order valence-electron chi connectivity index (χ4n) is 1.52. The fraction of sp³-hybridized carbons (Fsp3) is 0.625. The zero-order chi connectivity index (χ0) is 8.60. The molecular weight excluding hydrogens is 152 g/mol. The minimum absolute atomic E-state index is 0.444. The fourth-order valence-corrected chi connectivity index (χ4v) is 1.52. The standard InChI is InChI=1S/C8H12N4/c1-8(2)3-7(4-8)11-12-6-9-5-10-12/h5-6H,3-4H2,1-2H3. The summed E-state index contributed by atoms with van der Waals surface area (Å²) in [5.41, 5.74) is 1.66. The van der Waals surface area contributed by atoms with Crippen molar-refractivity contribution in [1.29, 1.82) is 0 Å². The number of hydrogen-bond donors (Lipinski definition) is 0. The zero-order valence-corrected chi connectivity index (χ0v) is 7.36. The molecule has 1 aromatic heterocycles. The second-order valence-corrected chi connectivity index (χ2v) is 4.00. The third kappa shape index (κ3) is 1.37. The van der Waals surface area contributed by atoms with Crippen LogP contribution in [0.4, 0.5) is 0 Å². The van der Waals surface area contributed by atoms with Crippen molar-refractivity contribution in [3.63, 3.8) is 0 Å². The van der Waals surface area contributed by atoms with Crippen LogP contribution in [0.1, 0.15) is 26.7 Å². The molecule has 12 heavy (non-hydrogen) atoms. The Labute approximate surface area is 71.3 Å². The molecule has 1 aliphatic rings. The summed E-state index contributed by atoms with van der Waals surface area (Å²) in [5.74, 6) is 0. The highest BCUT2D eigenvalue weighted by molar-refractivity contribution is 5.91. The second kappa shape index (κ2) is 2.40. The van der Waals surface area contributed by atoms with Crippen LogP contribution in [-0.4, -0.2) is 20.6 Å². The number of aromatic nitrogens is 3. The van der Waals surface area contributed by atoms with Crippen molar-refractivity contribution >= 4 is 5.71 Å². The van der Waals surface area contributed by atoms with Crippen LogP contribution in [0.3, 0.4) is 0 Å². The van der Waals surface area contributed by atoms with Gasteiger partial charge in [-0.3, -0.25) is 0 Å². The highest BCUT2D eigenvalue weighted by Gasteiger charge is 2.32. The average Bonchev–Trinajstić information content (AvgIpc) is 2.35. The summed E-state index contributed by atoms with van der Waals surface area (Å²) < 4.78 is 0. The van der Waals surface area contributed by atoms with E-state index in [0.29, 0.717) is 5.41 Å². The third-order valence-electron chi connectivity index (χ3n) is 2.02. The third-order valence-corrected chi connectivity index (χ3v) is 2.02. The molecule has 1 heterocycles. The highest BCUT2D eigenvalue weighted by Crippen LogP contribution is 2.37. The van der Waals surface area contributed by atoms with Gasteiger partial charge in [-0.05, 0) is 18.3 Å². The molecule has 0 amide bonds. The van der Waals surface area contributed by atoms with E-state index >= 15 is 0 Å². The molecule has 0 saturated heterocycles. The number of nitrogens with zero attached hydrogens (tertiary/aromatic N) is 4. The molecule has 0 unspecified atom stereocenters. The molecule has 1 fully saturated rings. The molecule has 64 valence electrons. The summed E-state index contributed by atoms with van der Waals surface area (Å²) in [6, 6.07) is 0. The van der Waals surface area contributed by atoms with Gasteiger partial charge in [0.15, 0.2) is 0 Å². The lowest BCUT2D eigenvalue weighted by Crippen LogP contribution is -2.32. The van der Waals surface area contributed by atoms with Gasteiger partial charge in [-0.15, -0.1) is 9.89 Å². The first kappa shape index (κ1) is 7.46. The Balaban J connectivity index is 2.05. The first-order valence-electron chi connectivity index (χ1n) is 4.07. The van der Waals surface area contributed by atoms with Gasteiger partial charge in [-0.1, -0.05) is 13.8 Å². The molecule has 4 heteroatoms. The second-order valence-electron chi connectivity index (χ2n) is 4.00. The van der Waals surface area contributed by atoms with Crippen molar-refractivity contribution in [2.24, 2.45) is 10.5 Å². The molecule has 0 N–H and O–H groups in total. The molecule has 1 aliphatic carbocycles. The monoisotopic (exact) mass is 164 g/mol. The summed E-state index contributed by atoms with van der Waals surface area (Å²) in [6.07, 6.45) is 5.26. The Hall–Kier alpha value is -1.19. The molecule has 0 aromatic carbocycles. The van der Waals surface area contributed by atoms with E-state index in [9.17, 15) is 0 Å². The maximum atomic E-state index is 4.28. The predicted molar refractivity (Wildman–Crippen MR) is 45.9 cm³/mol. The Morgan fingerprint density at radius 2 is 2.25 bits per heavy atom. The lowest BCUT2D eigenvalue weighted by molar-refractivity contribution is 0.336. The normalized spacial score (nSPS) is 20.3. The summed E-state index contributed by atoms with van der Waals surface area (Å²) in [7, 11) is 0. The molecule has 0 atom stereocenters. The van der Waals surface area contributed by atoms with E-state index < -0.39 is 0 Å². The SMILES string of the molecule is CC1(C)CC(=Nn2cncn2)C1. The van der Waals surface area contributed by atoms with Crippen molar-refractivity contribution in [1.82, 2.24) is 14.9 Å². The van der Waals surface area contributed by atoms with Gasteiger partial charge in [-0.25, -0.2) is 4.98 Å². The van der Waals surface area contributed by atoms with Crippen molar-refractivity contribution < 1.29 is 0 Å². The minimum Gasteiger partial charge on any atom is -0.221 e. The van der Waals surface area contributed by atoms with Crippen molar-refractivity contribution in [2.75, 3.05) is 0 Å². The lowest BCUT2D eigenvalue weighted by Gasteiger charge is -2.35. The van der Waals surface area contributed by atoms with Gasteiger partial charge in [0.2, 0.25) is 0 Å². The van der Waals surface area contributed by atoms with E-state index in [0.717, 1.165) is 12.8 Å². The summed E-state index contributed by atoms with van der Waals surface area (Å²) >= 11 is 0. The summed E-state index contributed by atoms with van der Waals surface area (Å²) in [6.45, 7) is 4.49. The molecule has 2 rings (SSSR count). The Morgan fingerprint density at radius 1 is 1.50 bits per heavy atom. The minimum atomic E-state index is 0.444. The van der Waals surface area contributed by atoms with Gasteiger partial charge >= 0.3 is 0 Å². The molecule has 1 saturated carbocycles. The number of hydrogen-bond acceptors (Lipinski definition) is 3. The smallest absolute Gasteiger partial charge is 0.139 e. The maximum Gasteiger partial charge on any atom is 0.139 e. The average molecular weight is 164 g/mol. The van der Waals surface area contributed by atoms with Gasteiger partial charge in [0.1, 0.15) is 12.7 Å². The van der Waals surface area contributed by atoms with E-state index in [1.165, 1.54) is 16.8 Å². The summed E-state index contributed by atoms with van der Waals surface area (Å²) in [5, 5.41) is 8.18. The molecular formula is C8H12N4. The Morgan fingerprint density at radius 3 is 2.75 bits per heavy atom. The van der Waals surface area contributed by atoms with Gasteiger partial charge < -0.3 is 0 Å². The van der Waals surface area contributed by atoms with E-state index in [4.69, 9.17) is 0 Å². The van der Waals surface area contributed by atoms with Crippen LogP contribution >= 0.6 is 0 Å². The molecule has 0 bridgehead atoms. The van der Waals surface area contributed by atoms with Crippen molar-refractivity contribution in [3.05, 3.63) is 12.7 Å². The van der Waals surface area contributed by atoms with Crippen molar-refractivity contribution in [2.45, 2.75) is 26.7 Å². The van der Waals surface area contributed by atoms with E-state index in [1.54, 1.807) is 6.33 Å². The van der Waals surface area contributed by atoms with E-state index in [1.807, 2.05) is 0 Å². The number of rotatable bonds is 1. The molecule has 0 radical (unpaired) electrons. The molecule has 0 aliphatic heterocycles. The molecule has 0 spiro atoms. The zero-order valence-electron chi connectivity index (χ0n) is 7.36. The molecule has 1 aromatic rings. The van der Waals surface area contributed by atoms with Crippen LogP contribution in [0, 0.1) is 5.41 Å². The quantitative estimate of drug-likeness (QED) is 0.628. The molecule has 4 nitrogen and oxygen atoms in total. The van der Waals surface area contributed by atoms with Crippen LogP contribution in [0.15, 0.2) is 17.8 Å². The van der Waals surface area contributed by atoms with E-state index in [2.05, 4.69) is 29.0 Å². The van der Waals surface area contributed by atoms with Crippen LogP contribution in [-0.2, 0) is 0 Å². The van der Waals surface area contributed by atoms with Crippen LogP contribution in [0.2, 0.25) is 0 Å². The largest absolute Gasteiger partial charge is 0.221 e. The van der Waals surface area contributed by atoms with Crippen LogP contribution < -0.4 is 0 Å². The lowest BCUT2D eigenvalue weighted by atomic mass is 9.71.